The van der Waals surface area contributed by atoms with Crippen LogP contribution in [-0.4, -0.2) is 17.1 Å². The van der Waals surface area contributed by atoms with Crippen LogP contribution < -0.4 is 10.6 Å². The highest BCUT2D eigenvalue weighted by molar-refractivity contribution is 8.00. The van der Waals surface area contributed by atoms with Gasteiger partial charge in [0.1, 0.15) is 0 Å². The van der Waals surface area contributed by atoms with Gasteiger partial charge in [0, 0.05) is 17.5 Å². The van der Waals surface area contributed by atoms with Crippen molar-refractivity contribution >= 4 is 58.2 Å². The van der Waals surface area contributed by atoms with Crippen LogP contribution in [0.5, 0.6) is 0 Å². The summed E-state index contributed by atoms with van der Waals surface area (Å²) in [5, 5.41) is 5.84. The molecule has 2 amide bonds. The highest BCUT2D eigenvalue weighted by Gasteiger charge is 2.16. The number of carbonyl (C=O) groups is 2. The number of rotatable bonds is 5. The van der Waals surface area contributed by atoms with Gasteiger partial charge in [-0.15, -0.1) is 11.8 Å². The van der Waals surface area contributed by atoms with Gasteiger partial charge in [-0.3, -0.25) is 9.59 Å². The second kappa shape index (κ2) is 8.42. The maximum atomic E-state index is 12.3. The molecule has 1 atom stereocenters. The predicted octanol–water partition coefficient (Wildman–Crippen LogP) is 5.07. The standard InChI is InChI=1S/C17H16Cl2N2O2S/c1-10(17(23)21-15-8-4-7-14(18)16(15)19)24-13-6-3-5-12(9-13)20-11(2)22/h3-10H,1-2H3,(H,20,22)(H,21,23). The van der Waals surface area contributed by atoms with Gasteiger partial charge in [-0.1, -0.05) is 35.3 Å². The molecule has 24 heavy (non-hydrogen) atoms. The van der Waals surface area contributed by atoms with Crippen LogP contribution in [0.2, 0.25) is 10.0 Å². The highest BCUT2D eigenvalue weighted by atomic mass is 35.5. The van der Waals surface area contributed by atoms with Gasteiger partial charge in [0.05, 0.1) is 21.0 Å². The first kappa shape index (κ1) is 18.6. The Morgan fingerprint density at radius 3 is 2.50 bits per heavy atom. The van der Waals surface area contributed by atoms with E-state index in [1.54, 1.807) is 31.2 Å². The van der Waals surface area contributed by atoms with Crippen LogP contribution in [0.25, 0.3) is 0 Å². The van der Waals surface area contributed by atoms with E-state index < -0.39 is 0 Å². The number of amides is 2. The molecule has 7 heteroatoms. The number of anilines is 2. The van der Waals surface area contributed by atoms with E-state index in [0.29, 0.717) is 21.4 Å². The van der Waals surface area contributed by atoms with E-state index in [0.717, 1.165) is 4.90 Å². The summed E-state index contributed by atoms with van der Waals surface area (Å²) in [4.78, 5) is 24.3. The SMILES string of the molecule is CC(=O)Nc1cccc(SC(C)C(=O)Nc2cccc(Cl)c2Cl)c1. The summed E-state index contributed by atoms with van der Waals surface area (Å²) in [6.45, 7) is 3.24. The van der Waals surface area contributed by atoms with Gasteiger partial charge in [0.25, 0.3) is 0 Å². The molecule has 0 aliphatic heterocycles. The minimum absolute atomic E-state index is 0.140. The van der Waals surface area contributed by atoms with E-state index >= 15 is 0 Å². The molecule has 2 aromatic rings. The lowest BCUT2D eigenvalue weighted by Gasteiger charge is -2.14. The molecule has 2 rings (SSSR count). The first-order valence-corrected chi connectivity index (χ1v) is 8.79. The number of halogens is 2. The van der Waals surface area contributed by atoms with Crippen LogP contribution in [0.1, 0.15) is 13.8 Å². The van der Waals surface area contributed by atoms with Crippen LogP contribution in [0.3, 0.4) is 0 Å². The molecular weight excluding hydrogens is 367 g/mol. The molecule has 0 aliphatic carbocycles. The average Bonchev–Trinajstić information content (AvgIpc) is 2.51. The van der Waals surface area contributed by atoms with E-state index in [-0.39, 0.29) is 17.1 Å². The van der Waals surface area contributed by atoms with Crippen molar-refractivity contribution in [3.8, 4) is 0 Å². The number of hydrogen-bond acceptors (Lipinski definition) is 3. The summed E-state index contributed by atoms with van der Waals surface area (Å²) in [7, 11) is 0. The van der Waals surface area contributed by atoms with Crippen molar-refractivity contribution < 1.29 is 9.59 Å². The minimum atomic E-state index is -0.354. The Morgan fingerprint density at radius 1 is 1.08 bits per heavy atom. The molecule has 0 aliphatic rings. The Labute approximate surface area is 154 Å². The molecule has 126 valence electrons. The Balaban J connectivity index is 2.03. The van der Waals surface area contributed by atoms with Crippen molar-refractivity contribution in [1.82, 2.24) is 0 Å². The van der Waals surface area contributed by atoms with Crippen LogP contribution >= 0.6 is 35.0 Å². The maximum Gasteiger partial charge on any atom is 0.237 e. The van der Waals surface area contributed by atoms with Crippen molar-refractivity contribution in [3.05, 3.63) is 52.5 Å². The van der Waals surface area contributed by atoms with E-state index in [1.165, 1.54) is 18.7 Å². The zero-order valence-corrected chi connectivity index (χ0v) is 15.4. The van der Waals surface area contributed by atoms with Gasteiger partial charge < -0.3 is 10.6 Å². The Hall–Kier alpha value is -1.69. The highest BCUT2D eigenvalue weighted by Crippen LogP contribution is 2.31. The molecule has 0 aromatic heterocycles. The van der Waals surface area contributed by atoms with Crippen molar-refractivity contribution in [2.75, 3.05) is 10.6 Å². The maximum absolute atomic E-state index is 12.3. The minimum Gasteiger partial charge on any atom is -0.326 e. The van der Waals surface area contributed by atoms with Crippen LogP contribution in [0.15, 0.2) is 47.4 Å². The third-order valence-corrected chi connectivity index (χ3v) is 4.96. The largest absolute Gasteiger partial charge is 0.326 e. The number of benzene rings is 2. The van der Waals surface area contributed by atoms with Gasteiger partial charge in [-0.2, -0.15) is 0 Å². The number of thioether (sulfide) groups is 1. The van der Waals surface area contributed by atoms with Crippen molar-refractivity contribution in [2.24, 2.45) is 0 Å². The topological polar surface area (TPSA) is 58.2 Å². The first-order chi connectivity index (χ1) is 11.4. The van der Waals surface area contributed by atoms with Crippen LogP contribution in [0, 0.1) is 0 Å². The summed E-state index contributed by atoms with van der Waals surface area (Å²) in [5.74, 6) is -0.326. The molecule has 2 N–H and O–H groups in total. The third kappa shape index (κ3) is 5.16. The van der Waals surface area contributed by atoms with E-state index in [2.05, 4.69) is 10.6 Å². The monoisotopic (exact) mass is 382 g/mol. The van der Waals surface area contributed by atoms with Crippen LogP contribution in [-0.2, 0) is 9.59 Å². The lowest BCUT2D eigenvalue weighted by Crippen LogP contribution is -2.22. The molecule has 1 unspecified atom stereocenters. The molecular formula is C17H16Cl2N2O2S. The summed E-state index contributed by atoms with van der Waals surface area (Å²) in [5.41, 5.74) is 1.17. The molecule has 0 radical (unpaired) electrons. The first-order valence-electron chi connectivity index (χ1n) is 7.16. The summed E-state index contributed by atoms with van der Waals surface area (Å²) in [6.07, 6.45) is 0. The fourth-order valence-corrected chi connectivity index (χ4v) is 3.22. The second-order valence-electron chi connectivity index (χ2n) is 5.06. The molecule has 4 nitrogen and oxygen atoms in total. The summed E-state index contributed by atoms with van der Waals surface area (Å²) in [6, 6.07) is 12.4. The van der Waals surface area contributed by atoms with E-state index in [1.807, 2.05) is 18.2 Å². The fraction of sp³-hybridized carbons (Fsp3) is 0.176. The van der Waals surface area contributed by atoms with Gasteiger partial charge in [0.15, 0.2) is 0 Å². The van der Waals surface area contributed by atoms with E-state index in [9.17, 15) is 9.59 Å². The summed E-state index contributed by atoms with van der Waals surface area (Å²) < 4.78 is 0. The van der Waals surface area contributed by atoms with Gasteiger partial charge in [0.2, 0.25) is 11.8 Å². The zero-order valence-electron chi connectivity index (χ0n) is 13.1. The number of hydrogen-bond donors (Lipinski definition) is 2. The number of carbonyl (C=O) groups excluding carboxylic acids is 2. The molecule has 0 bridgehead atoms. The summed E-state index contributed by atoms with van der Waals surface area (Å²) >= 11 is 13.4. The molecule has 0 spiro atoms. The van der Waals surface area contributed by atoms with Crippen molar-refractivity contribution in [2.45, 2.75) is 24.0 Å². The van der Waals surface area contributed by atoms with Crippen molar-refractivity contribution in [3.63, 3.8) is 0 Å². The predicted molar refractivity (Wildman–Crippen MR) is 101 cm³/mol. The quantitative estimate of drug-likeness (QED) is 0.709. The Morgan fingerprint density at radius 2 is 1.79 bits per heavy atom. The zero-order chi connectivity index (χ0) is 17.7. The molecule has 0 heterocycles. The normalized spacial score (nSPS) is 11.7. The van der Waals surface area contributed by atoms with Gasteiger partial charge >= 0.3 is 0 Å². The Bertz CT molecular complexity index is 768. The lowest BCUT2D eigenvalue weighted by atomic mass is 10.3. The third-order valence-electron chi connectivity index (χ3n) is 3.05. The Kier molecular flexibility index (Phi) is 6.54. The molecule has 0 saturated carbocycles. The second-order valence-corrected chi connectivity index (χ2v) is 7.26. The fourth-order valence-electron chi connectivity index (χ4n) is 1.94. The van der Waals surface area contributed by atoms with Crippen molar-refractivity contribution in [1.29, 1.82) is 0 Å². The smallest absolute Gasteiger partial charge is 0.237 e. The molecule has 0 saturated heterocycles. The van der Waals surface area contributed by atoms with Gasteiger partial charge in [-0.25, -0.2) is 0 Å². The average molecular weight is 383 g/mol. The van der Waals surface area contributed by atoms with Gasteiger partial charge in [-0.05, 0) is 37.3 Å². The number of nitrogens with one attached hydrogen (secondary N) is 2. The lowest BCUT2D eigenvalue weighted by molar-refractivity contribution is -0.115. The molecule has 0 fully saturated rings. The van der Waals surface area contributed by atoms with Crippen LogP contribution in [0.4, 0.5) is 11.4 Å². The molecule has 2 aromatic carbocycles. The van der Waals surface area contributed by atoms with E-state index in [4.69, 9.17) is 23.2 Å².